The number of H-pyrrole nitrogens is 1. The quantitative estimate of drug-likeness (QED) is 0.803. The molecule has 0 saturated heterocycles. The molecule has 6 nitrogen and oxygen atoms in total. The van der Waals surface area contributed by atoms with Gasteiger partial charge < -0.3 is 20.3 Å². The summed E-state index contributed by atoms with van der Waals surface area (Å²) >= 11 is 5.88. The highest BCUT2D eigenvalue weighted by Gasteiger charge is 2.12. The topological polar surface area (TPSA) is 81.2 Å². The van der Waals surface area contributed by atoms with E-state index in [1.807, 2.05) is 17.2 Å². The third-order valence-corrected chi connectivity index (χ3v) is 3.61. The van der Waals surface area contributed by atoms with Crippen LogP contribution in [-0.4, -0.2) is 27.5 Å². The van der Waals surface area contributed by atoms with Gasteiger partial charge in [0.05, 0.1) is 6.42 Å². The Morgan fingerprint density at radius 3 is 3.04 bits per heavy atom. The van der Waals surface area contributed by atoms with E-state index in [1.54, 1.807) is 30.6 Å². The number of phenols is 1. The maximum Gasteiger partial charge on any atom is 0.228 e. The zero-order chi connectivity index (χ0) is 16.2. The van der Waals surface area contributed by atoms with Crippen molar-refractivity contribution >= 4 is 23.5 Å². The number of halogens is 1. The Morgan fingerprint density at radius 1 is 1.48 bits per heavy atom. The minimum atomic E-state index is -0.218. The van der Waals surface area contributed by atoms with Crippen LogP contribution in [0.25, 0.3) is 0 Å². The number of aromatic amines is 1. The zero-order valence-corrected chi connectivity index (χ0v) is 12.9. The van der Waals surface area contributed by atoms with Crippen molar-refractivity contribution in [1.29, 1.82) is 0 Å². The van der Waals surface area contributed by atoms with Crippen LogP contribution in [0.5, 0.6) is 5.75 Å². The second-order valence-electron chi connectivity index (χ2n) is 5.04. The molecule has 2 aromatic rings. The van der Waals surface area contributed by atoms with Crippen LogP contribution in [0.1, 0.15) is 5.56 Å². The molecule has 0 saturated carbocycles. The highest BCUT2D eigenvalue weighted by molar-refractivity contribution is 6.30. The van der Waals surface area contributed by atoms with E-state index in [0.29, 0.717) is 22.8 Å². The van der Waals surface area contributed by atoms with Gasteiger partial charge in [-0.05, 0) is 30.4 Å². The van der Waals surface area contributed by atoms with Gasteiger partial charge in [-0.3, -0.25) is 4.79 Å². The van der Waals surface area contributed by atoms with Gasteiger partial charge in [0.15, 0.2) is 0 Å². The first-order valence-electron chi connectivity index (χ1n) is 7.03. The van der Waals surface area contributed by atoms with Crippen molar-refractivity contribution in [3.63, 3.8) is 0 Å². The van der Waals surface area contributed by atoms with Gasteiger partial charge in [0.2, 0.25) is 11.9 Å². The van der Waals surface area contributed by atoms with E-state index in [1.165, 1.54) is 6.07 Å². The summed E-state index contributed by atoms with van der Waals surface area (Å²) in [6.45, 7) is 0.599. The van der Waals surface area contributed by atoms with Crippen molar-refractivity contribution in [1.82, 2.24) is 15.3 Å². The van der Waals surface area contributed by atoms with Gasteiger partial charge in [-0.25, -0.2) is 4.98 Å². The van der Waals surface area contributed by atoms with Crippen LogP contribution in [0.3, 0.4) is 0 Å². The molecular formula is C16H15ClN4O2. The molecule has 0 unspecified atom stereocenters. The molecule has 1 aromatic heterocycles. The van der Waals surface area contributed by atoms with Crippen molar-refractivity contribution in [3.05, 3.63) is 65.2 Å². The Hall–Kier alpha value is -2.73. The first kappa shape index (κ1) is 15.2. The fourth-order valence-electron chi connectivity index (χ4n) is 2.23. The van der Waals surface area contributed by atoms with E-state index < -0.39 is 0 Å². The molecule has 7 heteroatoms. The molecule has 2 heterocycles. The predicted molar refractivity (Wildman–Crippen MR) is 88.1 cm³/mol. The number of hydrogen-bond donors (Lipinski definition) is 3. The maximum atomic E-state index is 12.1. The molecule has 1 aliphatic heterocycles. The van der Waals surface area contributed by atoms with Crippen molar-refractivity contribution in [2.24, 2.45) is 0 Å². The van der Waals surface area contributed by atoms with Crippen molar-refractivity contribution in [2.45, 2.75) is 6.42 Å². The first-order valence-corrected chi connectivity index (χ1v) is 7.41. The Bertz CT molecular complexity index is 768. The third-order valence-electron chi connectivity index (χ3n) is 3.37. The number of carbonyl (C=O) groups excluding carboxylic acids is 1. The predicted octanol–water partition coefficient (Wildman–Crippen LogP) is 2.35. The number of anilines is 1. The number of carbonyl (C=O) groups is 1. The summed E-state index contributed by atoms with van der Waals surface area (Å²) < 4.78 is 0. The second kappa shape index (κ2) is 6.58. The minimum absolute atomic E-state index is 0.0550. The first-order chi connectivity index (χ1) is 11.1. The second-order valence-corrected chi connectivity index (χ2v) is 5.47. The maximum absolute atomic E-state index is 12.1. The van der Waals surface area contributed by atoms with Gasteiger partial charge >= 0.3 is 0 Å². The normalized spacial score (nSPS) is 13.8. The van der Waals surface area contributed by atoms with E-state index in [9.17, 15) is 9.90 Å². The van der Waals surface area contributed by atoms with Crippen LogP contribution in [0.4, 0.5) is 5.95 Å². The molecule has 23 heavy (non-hydrogen) atoms. The summed E-state index contributed by atoms with van der Waals surface area (Å²) in [5, 5.41) is 13.0. The number of rotatable bonds is 4. The van der Waals surface area contributed by atoms with Crippen LogP contribution >= 0.6 is 11.6 Å². The number of aromatic nitrogens is 2. The number of hydrogen-bond acceptors (Lipinski definition) is 4. The minimum Gasteiger partial charge on any atom is -0.508 e. The lowest BCUT2D eigenvalue weighted by molar-refractivity contribution is -0.119. The standard InChI is InChI=1S/C16H15ClN4O2/c17-12-1-2-14(22)11(9-12)10-15(23)20-13-3-7-21(8-4-13)16-18-5-6-19-16/h1-7,9,22H,8,10H2,(H,18,19)(H,20,23). The Labute approximate surface area is 138 Å². The summed E-state index contributed by atoms with van der Waals surface area (Å²) in [4.78, 5) is 21.2. The average Bonchev–Trinajstić information content (AvgIpc) is 3.06. The number of nitrogens with one attached hydrogen (secondary N) is 2. The van der Waals surface area contributed by atoms with Gasteiger partial charge in [-0.1, -0.05) is 11.6 Å². The fraction of sp³-hybridized carbons (Fsp3) is 0.125. The number of phenolic OH excluding ortho intramolecular Hbond substituents is 1. The summed E-state index contributed by atoms with van der Waals surface area (Å²) in [6.07, 6.45) is 9.01. The van der Waals surface area contributed by atoms with Crippen LogP contribution < -0.4 is 10.2 Å². The van der Waals surface area contributed by atoms with Gasteiger partial charge in [0, 0.05) is 41.4 Å². The highest BCUT2D eigenvalue weighted by Crippen LogP contribution is 2.22. The Kier molecular flexibility index (Phi) is 4.34. The third kappa shape index (κ3) is 3.73. The molecule has 0 bridgehead atoms. The molecule has 1 aliphatic rings. The van der Waals surface area contributed by atoms with Gasteiger partial charge in [0.25, 0.3) is 0 Å². The molecule has 0 spiro atoms. The van der Waals surface area contributed by atoms with Crippen LogP contribution in [0.2, 0.25) is 5.02 Å². The number of amides is 1. The Balaban J connectivity index is 1.59. The number of aromatic hydroxyl groups is 1. The summed E-state index contributed by atoms with van der Waals surface area (Å²) in [6, 6.07) is 4.64. The van der Waals surface area contributed by atoms with E-state index in [-0.39, 0.29) is 18.1 Å². The van der Waals surface area contributed by atoms with E-state index in [4.69, 9.17) is 11.6 Å². The van der Waals surface area contributed by atoms with Gasteiger partial charge in [-0.15, -0.1) is 0 Å². The average molecular weight is 331 g/mol. The lowest BCUT2D eigenvalue weighted by Gasteiger charge is -2.20. The van der Waals surface area contributed by atoms with Crippen LogP contribution in [0, 0.1) is 0 Å². The number of allylic oxidation sites excluding steroid dienone is 1. The highest BCUT2D eigenvalue weighted by atomic mass is 35.5. The molecule has 118 valence electrons. The summed E-state index contributed by atoms with van der Waals surface area (Å²) in [7, 11) is 0. The van der Waals surface area contributed by atoms with Gasteiger partial charge in [-0.2, -0.15) is 0 Å². The molecular weight excluding hydrogens is 316 g/mol. The molecule has 3 N–H and O–H groups in total. The fourth-order valence-corrected chi connectivity index (χ4v) is 2.43. The summed E-state index contributed by atoms with van der Waals surface area (Å²) in [5.74, 6) is 0.582. The number of nitrogens with zero attached hydrogens (tertiary/aromatic N) is 2. The lowest BCUT2D eigenvalue weighted by Crippen LogP contribution is -2.28. The molecule has 0 atom stereocenters. The van der Waals surface area contributed by atoms with Crippen LogP contribution in [0.15, 0.2) is 54.6 Å². The molecule has 0 aliphatic carbocycles. The number of benzene rings is 1. The molecule has 0 fully saturated rings. The van der Waals surface area contributed by atoms with E-state index in [0.717, 1.165) is 5.95 Å². The SMILES string of the molecule is O=C(Cc1cc(Cl)ccc1O)NC1=CCN(c2ncc[nH]2)C=C1. The van der Waals surface area contributed by atoms with E-state index >= 15 is 0 Å². The largest absolute Gasteiger partial charge is 0.508 e. The monoisotopic (exact) mass is 330 g/mol. The smallest absolute Gasteiger partial charge is 0.228 e. The Morgan fingerprint density at radius 2 is 2.35 bits per heavy atom. The van der Waals surface area contributed by atoms with Crippen molar-refractivity contribution in [3.8, 4) is 5.75 Å². The van der Waals surface area contributed by atoms with Crippen molar-refractivity contribution in [2.75, 3.05) is 11.4 Å². The van der Waals surface area contributed by atoms with Crippen LogP contribution in [-0.2, 0) is 11.2 Å². The molecule has 0 radical (unpaired) electrons. The lowest BCUT2D eigenvalue weighted by atomic mass is 10.1. The van der Waals surface area contributed by atoms with Gasteiger partial charge in [0.1, 0.15) is 5.75 Å². The molecule has 1 amide bonds. The molecule has 3 rings (SSSR count). The number of imidazole rings is 1. The summed E-state index contributed by atoms with van der Waals surface area (Å²) in [5.41, 5.74) is 1.20. The van der Waals surface area contributed by atoms with E-state index in [2.05, 4.69) is 15.3 Å². The van der Waals surface area contributed by atoms with Crippen molar-refractivity contribution < 1.29 is 9.90 Å². The molecule has 1 aromatic carbocycles. The zero-order valence-electron chi connectivity index (χ0n) is 12.2.